The molecule has 0 amide bonds. The van der Waals surface area contributed by atoms with Gasteiger partial charge in [-0.15, -0.1) is 11.3 Å². The summed E-state index contributed by atoms with van der Waals surface area (Å²) in [5, 5.41) is 4.56. The van der Waals surface area contributed by atoms with E-state index >= 15 is 0 Å². The number of fused-ring (bicyclic) bond motifs is 1. The van der Waals surface area contributed by atoms with Crippen molar-refractivity contribution in [3.63, 3.8) is 0 Å². The SMILES string of the molecule is CNC(C)Cc1nc2c(s1)CCC2. The van der Waals surface area contributed by atoms with Gasteiger partial charge in [-0.05, 0) is 33.2 Å². The predicted molar refractivity (Wildman–Crippen MR) is 56.4 cm³/mol. The Bertz CT molecular complexity index is 272. The van der Waals surface area contributed by atoms with Gasteiger partial charge in [0.05, 0.1) is 10.7 Å². The summed E-state index contributed by atoms with van der Waals surface area (Å²) in [6.45, 7) is 2.20. The van der Waals surface area contributed by atoms with E-state index in [9.17, 15) is 0 Å². The molecule has 3 heteroatoms. The van der Waals surface area contributed by atoms with Crippen LogP contribution in [0.1, 0.15) is 28.9 Å². The van der Waals surface area contributed by atoms with Crippen LogP contribution in [-0.2, 0) is 19.3 Å². The number of rotatable bonds is 3. The largest absolute Gasteiger partial charge is 0.317 e. The van der Waals surface area contributed by atoms with Crippen molar-refractivity contribution in [3.8, 4) is 0 Å². The molecule has 1 unspecified atom stereocenters. The molecular weight excluding hydrogens is 180 g/mol. The highest BCUT2D eigenvalue weighted by Gasteiger charge is 2.17. The molecule has 2 rings (SSSR count). The van der Waals surface area contributed by atoms with Crippen molar-refractivity contribution < 1.29 is 0 Å². The van der Waals surface area contributed by atoms with E-state index in [-0.39, 0.29) is 0 Å². The van der Waals surface area contributed by atoms with Crippen molar-refractivity contribution >= 4 is 11.3 Å². The first kappa shape index (κ1) is 9.16. The number of aryl methyl sites for hydroxylation is 2. The minimum absolute atomic E-state index is 0.547. The van der Waals surface area contributed by atoms with Crippen LogP contribution in [0.5, 0.6) is 0 Å². The van der Waals surface area contributed by atoms with Crippen molar-refractivity contribution in [2.45, 2.75) is 38.6 Å². The van der Waals surface area contributed by atoms with Gasteiger partial charge in [0.1, 0.15) is 0 Å². The van der Waals surface area contributed by atoms with Gasteiger partial charge in [-0.3, -0.25) is 0 Å². The van der Waals surface area contributed by atoms with Crippen LogP contribution in [0, 0.1) is 0 Å². The second-order valence-electron chi connectivity index (χ2n) is 3.72. The summed E-state index contributed by atoms with van der Waals surface area (Å²) in [5.74, 6) is 0. The molecule has 1 aliphatic rings. The van der Waals surface area contributed by atoms with E-state index in [1.54, 1.807) is 4.88 Å². The predicted octanol–water partition coefficient (Wildman–Crippen LogP) is 1.78. The van der Waals surface area contributed by atoms with Gasteiger partial charge in [0.2, 0.25) is 0 Å². The average Bonchev–Trinajstić information content (AvgIpc) is 2.63. The third-order valence-corrected chi connectivity index (χ3v) is 3.79. The molecule has 1 N–H and O–H groups in total. The van der Waals surface area contributed by atoms with E-state index in [0.29, 0.717) is 6.04 Å². The van der Waals surface area contributed by atoms with Crippen molar-refractivity contribution in [3.05, 3.63) is 15.6 Å². The Morgan fingerprint density at radius 3 is 3.08 bits per heavy atom. The molecule has 13 heavy (non-hydrogen) atoms. The lowest BCUT2D eigenvalue weighted by molar-refractivity contribution is 0.606. The van der Waals surface area contributed by atoms with Gasteiger partial charge in [-0.1, -0.05) is 0 Å². The zero-order valence-corrected chi connectivity index (χ0v) is 9.08. The summed E-state index contributed by atoms with van der Waals surface area (Å²) in [5.41, 5.74) is 1.38. The minimum Gasteiger partial charge on any atom is -0.317 e. The van der Waals surface area contributed by atoms with Gasteiger partial charge in [-0.25, -0.2) is 4.98 Å². The van der Waals surface area contributed by atoms with Crippen LogP contribution in [0.4, 0.5) is 0 Å². The fraction of sp³-hybridized carbons (Fsp3) is 0.700. The van der Waals surface area contributed by atoms with Gasteiger partial charge in [0.25, 0.3) is 0 Å². The Morgan fingerprint density at radius 2 is 2.38 bits per heavy atom. The summed E-state index contributed by atoms with van der Waals surface area (Å²) >= 11 is 1.91. The third-order valence-electron chi connectivity index (χ3n) is 2.61. The third kappa shape index (κ3) is 1.92. The molecule has 2 nitrogen and oxygen atoms in total. The van der Waals surface area contributed by atoms with Gasteiger partial charge in [0.15, 0.2) is 0 Å². The van der Waals surface area contributed by atoms with Crippen LogP contribution < -0.4 is 5.32 Å². The van der Waals surface area contributed by atoms with E-state index in [1.165, 1.54) is 30.0 Å². The molecule has 1 atom stereocenters. The van der Waals surface area contributed by atoms with Gasteiger partial charge in [0, 0.05) is 17.3 Å². The summed E-state index contributed by atoms with van der Waals surface area (Å²) in [6.07, 6.45) is 4.87. The summed E-state index contributed by atoms with van der Waals surface area (Å²) < 4.78 is 0. The topological polar surface area (TPSA) is 24.9 Å². The number of nitrogens with zero attached hydrogens (tertiary/aromatic N) is 1. The average molecular weight is 196 g/mol. The fourth-order valence-electron chi connectivity index (χ4n) is 1.70. The van der Waals surface area contributed by atoms with Crippen LogP contribution >= 0.6 is 11.3 Å². The first-order chi connectivity index (χ1) is 6.29. The van der Waals surface area contributed by atoms with E-state index in [2.05, 4.69) is 17.2 Å². The molecule has 0 aromatic carbocycles. The van der Waals surface area contributed by atoms with Gasteiger partial charge < -0.3 is 5.32 Å². The maximum atomic E-state index is 4.66. The van der Waals surface area contributed by atoms with E-state index < -0.39 is 0 Å². The Kier molecular flexibility index (Phi) is 2.65. The molecule has 1 aromatic heterocycles. The first-order valence-electron chi connectivity index (χ1n) is 4.94. The molecule has 0 bridgehead atoms. The molecule has 0 spiro atoms. The fourth-order valence-corrected chi connectivity index (χ4v) is 2.98. The molecule has 0 aliphatic heterocycles. The number of thiazole rings is 1. The smallest absolute Gasteiger partial charge is 0.0946 e. The Morgan fingerprint density at radius 1 is 1.54 bits per heavy atom. The molecule has 1 aliphatic carbocycles. The molecular formula is C10H16N2S. The Labute approximate surface area is 83.4 Å². The van der Waals surface area contributed by atoms with Crippen molar-refractivity contribution in [1.82, 2.24) is 10.3 Å². The van der Waals surface area contributed by atoms with E-state index in [1.807, 2.05) is 18.4 Å². The lowest BCUT2D eigenvalue weighted by Gasteiger charge is -2.06. The normalized spacial score (nSPS) is 17.4. The second kappa shape index (κ2) is 3.76. The zero-order valence-electron chi connectivity index (χ0n) is 8.26. The monoisotopic (exact) mass is 196 g/mol. The first-order valence-corrected chi connectivity index (χ1v) is 5.76. The summed E-state index contributed by atoms with van der Waals surface area (Å²) in [7, 11) is 2.01. The maximum Gasteiger partial charge on any atom is 0.0946 e. The Balaban J connectivity index is 2.06. The Hall–Kier alpha value is -0.410. The van der Waals surface area contributed by atoms with Crippen LogP contribution in [0.2, 0.25) is 0 Å². The second-order valence-corrected chi connectivity index (χ2v) is 4.89. The van der Waals surface area contributed by atoms with Crippen molar-refractivity contribution in [2.24, 2.45) is 0 Å². The quantitative estimate of drug-likeness (QED) is 0.797. The van der Waals surface area contributed by atoms with Crippen LogP contribution in [0.25, 0.3) is 0 Å². The van der Waals surface area contributed by atoms with Crippen molar-refractivity contribution in [2.75, 3.05) is 7.05 Å². The number of likely N-dealkylation sites (N-methyl/N-ethyl adjacent to an activating group) is 1. The molecule has 0 radical (unpaired) electrons. The highest BCUT2D eigenvalue weighted by Crippen LogP contribution is 2.27. The minimum atomic E-state index is 0.547. The zero-order chi connectivity index (χ0) is 9.26. The van der Waals surface area contributed by atoms with Crippen molar-refractivity contribution in [1.29, 1.82) is 0 Å². The molecule has 0 saturated carbocycles. The molecule has 0 fully saturated rings. The molecule has 1 aromatic rings. The number of hydrogen-bond donors (Lipinski definition) is 1. The number of nitrogens with one attached hydrogen (secondary N) is 1. The molecule has 0 saturated heterocycles. The standard InChI is InChI=1S/C10H16N2S/c1-7(11-2)6-10-12-8-4-3-5-9(8)13-10/h7,11H,3-6H2,1-2H3. The lowest BCUT2D eigenvalue weighted by atomic mass is 10.2. The highest BCUT2D eigenvalue weighted by atomic mass is 32.1. The van der Waals surface area contributed by atoms with Crippen LogP contribution in [-0.4, -0.2) is 18.1 Å². The van der Waals surface area contributed by atoms with Crippen LogP contribution in [0.3, 0.4) is 0 Å². The summed E-state index contributed by atoms with van der Waals surface area (Å²) in [6, 6.07) is 0.547. The highest BCUT2D eigenvalue weighted by molar-refractivity contribution is 7.11. The van der Waals surface area contributed by atoms with Crippen LogP contribution in [0.15, 0.2) is 0 Å². The van der Waals surface area contributed by atoms with E-state index in [4.69, 9.17) is 0 Å². The number of aromatic nitrogens is 1. The van der Waals surface area contributed by atoms with Gasteiger partial charge in [-0.2, -0.15) is 0 Å². The molecule has 1 heterocycles. The number of hydrogen-bond acceptors (Lipinski definition) is 3. The lowest BCUT2D eigenvalue weighted by Crippen LogP contribution is -2.23. The molecule has 72 valence electrons. The van der Waals surface area contributed by atoms with Gasteiger partial charge >= 0.3 is 0 Å². The maximum absolute atomic E-state index is 4.66. The summed E-state index contributed by atoms with van der Waals surface area (Å²) in [4.78, 5) is 6.20. The van der Waals surface area contributed by atoms with E-state index in [0.717, 1.165) is 6.42 Å².